The lowest BCUT2D eigenvalue weighted by Crippen LogP contribution is -2.47. The van der Waals surface area contributed by atoms with Crippen LogP contribution in [0.5, 0.6) is 0 Å². The lowest BCUT2D eigenvalue weighted by atomic mass is 9.48. The Morgan fingerprint density at radius 2 is 1.52 bits per heavy atom. The van der Waals surface area contributed by atoms with Gasteiger partial charge in [-0.15, -0.1) is 11.8 Å². The van der Waals surface area contributed by atoms with E-state index < -0.39 is 0 Å². The number of carbonyl (C=O) groups excluding carboxylic acids is 2. The highest BCUT2D eigenvalue weighted by molar-refractivity contribution is 8.00. The number of carbonyl (C=O) groups is 2. The van der Waals surface area contributed by atoms with Crippen LogP contribution in [0.4, 0.5) is 0 Å². The number of benzene rings is 2. The predicted octanol–water partition coefficient (Wildman–Crippen LogP) is 7.51. The Morgan fingerprint density at radius 3 is 2.15 bits per heavy atom. The van der Waals surface area contributed by atoms with Crippen LogP contribution in [-0.4, -0.2) is 17.3 Å². The van der Waals surface area contributed by atoms with Crippen molar-refractivity contribution in [3.05, 3.63) is 42.0 Å². The van der Waals surface area contributed by atoms with Gasteiger partial charge >= 0.3 is 0 Å². The summed E-state index contributed by atoms with van der Waals surface area (Å²) in [6.07, 6.45) is 9.89. The zero-order valence-corrected chi connectivity index (χ0v) is 21.3. The molecule has 0 spiro atoms. The molecule has 4 aliphatic rings. The highest BCUT2D eigenvalue weighted by Gasteiger charge is 2.51. The van der Waals surface area contributed by atoms with E-state index in [-0.39, 0.29) is 11.8 Å². The van der Waals surface area contributed by atoms with Crippen molar-refractivity contribution in [2.45, 2.75) is 77.0 Å². The smallest absolute Gasteiger partial charge is 0.145 e. The van der Waals surface area contributed by atoms with Crippen LogP contribution in [0, 0.1) is 35.0 Å². The number of hydrogen-bond donors (Lipinski definition) is 0. The fraction of sp³-hybridized carbons (Fsp3) is 0.600. The molecule has 4 fully saturated rings. The molecule has 6 rings (SSSR count). The summed E-state index contributed by atoms with van der Waals surface area (Å²) >= 11 is 1.62. The lowest BCUT2D eigenvalue weighted by molar-refractivity contribution is -0.130. The van der Waals surface area contributed by atoms with E-state index in [0.29, 0.717) is 22.7 Å². The van der Waals surface area contributed by atoms with Crippen LogP contribution in [-0.2, 0) is 16.0 Å². The summed E-state index contributed by atoms with van der Waals surface area (Å²) in [7, 11) is 0. The zero-order valence-electron chi connectivity index (χ0n) is 20.4. The molecule has 0 aliphatic heterocycles. The van der Waals surface area contributed by atoms with Crippen molar-refractivity contribution in [1.29, 1.82) is 0 Å². The summed E-state index contributed by atoms with van der Waals surface area (Å²) in [6.45, 7) is 6.05. The maximum atomic E-state index is 13.3. The first-order valence-electron chi connectivity index (χ1n) is 13.0. The second kappa shape index (κ2) is 9.21. The highest BCUT2D eigenvalue weighted by Crippen LogP contribution is 2.61. The van der Waals surface area contributed by atoms with Crippen LogP contribution < -0.4 is 0 Å². The van der Waals surface area contributed by atoms with Gasteiger partial charge in [0, 0.05) is 23.2 Å². The lowest BCUT2D eigenvalue weighted by Gasteiger charge is -2.57. The molecule has 0 aromatic heterocycles. The minimum Gasteiger partial charge on any atom is -0.299 e. The average molecular weight is 463 g/mol. The fourth-order valence-electron chi connectivity index (χ4n) is 7.33. The molecule has 1 atom stereocenters. The number of thioether (sulfide) groups is 1. The third-order valence-electron chi connectivity index (χ3n) is 8.71. The van der Waals surface area contributed by atoms with Gasteiger partial charge in [-0.3, -0.25) is 9.59 Å². The van der Waals surface area contributed by atoms with Gasteiger partial charge in [-0.25, -0.2) is 0 Å². The molecule has 0 saturated heterocycles. The van der Waals surface area contributed by atoms with E-state index in [1.54, 1.807) is 11.8 Å². The molecule has 2 nitrogen and oxygen atoms in total. The van der Waals surface area contributed by atoms with Gasteiger partial charge in [0.1, 0.15) is 11.6 Å². The SMILES string of the molecule is CC(C)C(=O)CSc1ccc2ccc(CC(C)C(=O)CC34CC5CC(CC(C5)C3)C4)cc2c1. The standard InChI is InChI=1S/C30H38O2S/c1-19(2)29(32)18-33-27-7-6-25-5-4-21(12-26(25)13-27)8-20(3)28(31)17-30-14-22-9-23(15-30)11-24(10-22)16-30/h4-7,12-13,19-20,22-24H,8-11,14-18H2,1-3H3. The van der Waals surface area contributed by atoms with Gasteiger partial charge in [0.15, 0.2) is 0 Å². The molecule has 0 heterocycles. The van der Waals surface area contributed by atoms with Crippen LogP contribution >= 0.6 is 11.8 Å². The third kappa shape index (κ3) is 5.09. The largest absolute Gasteiger partial charge is 0.299 e. The maximum Gasteiger partial charge on any atom is 0.145 e. The second-order valence-electron chi connectivity index (χ2n) is 11.9. The van der Waals surface area contributed by atoms with Gasteiger partial charge < -0.3 is 0 Å². The van der Waals surface area contributed by atoms with Crippen molar-refractivity contribution in [3.8, 4) is 0 Å². The van der Waals surface area contributed by atoms with Crippen molar-refractivity contribution < 1.29 is 9.59 Å². The zero-order chi connectivity index (χ0) is 23.2. The Labute approximate surface area is 203 Å². The minimum absolute atomic E-state index is 0.0803. The molecule has 4 saturated carbocycles. The summed E-state index contributed by atoms with van der Waals surface area (Å²) in [5.41, 5.74) is 1.58. The van der Waals surface area contributed by atoms with Gasteiger partial charge in [-0.05, 0) is 96.6 Å². The summed E-state index contributed by atoms with van der Waals surface area (Å²) in [5, 5.41) is 2.42. The Kier molecular flexibility index (Phi) is 6.46. The monoisotopic (exact) mass is 462 g/mol. The van der Waals surface area contributed by atoms with Crippen molar-refractivity contribution >= 4 is 34.1 Å². The molecule has 0 amide bonds. The molecule has 0 radical (unpaired) electrons. The Morgan fingerprint density at radius 1 is 0.879 bits per heavy atom. The van der Waals surface area contributed by atoms with E-state index in [2.05, 4.69) is 43.3 Å². The number of ketones is 2. The van der Waals surface area contributed by atoms with E-state index in [1.165, 1.54) is 54.9 Å². The van der Waals surface area contributed by atoms with Crippen LogP contribution in [0.15, 0.2) is 41.3 Å². The molecule has 4 aliphatic carbocycles. The summed E-state index contributed by atoms with van der Waals surface area (Å²) < 4.78 is 0. The van der Waals surface area contributed by atoms with Crippen molar-refractivity contribution in [2.24, 2.45) is 35.0 Å². The molecule has 1 unspecified atom stereocenters. The Bertz CT molecular complexity index is 1020. The van der Waals surface area contributed by atoms with E-state index >= 15 is 0 Å². The van der Waals surface area contributed by atoms with Crippen LogP contribution in [0.1, 0.15) is 71.3 Å². The molecule has 4 bridgehead atoms. The third-order valence-corrected chi connectivity index (χ3v) is 9.72. The van der Waals surface area contributed by atoms with Crippen molar-refractivity contribution in [1.82, 2.24) is 0 Å². The molecule has 3 heteroatoms. The van der Waals surface area contributed by atoms with Crippen molar-refractivity contribution in [2.75, 3.05) is 5.75 Å². The van der Waals surface area contributed by atoms with Gasteiger partial charge in [0.25, 0.3) is 0 Å². The first kappa shape index (κ1) is 23.1. The van der Waals surface area contributed by atoms with Crippen LogP contribution in [0.2, 0.25) is 0 Å². The van der Waals surface area contributed by atoms with E-state index in [0.717, 1.165) is 35.5 Å². The van der Waals surface area contributed by atoms with E-state index in [4.69, 9.17) is 0 Å². The van der Waals surface area contributed by atoms with E-state index in [9.17, 15) is 9.59 Å². The fourth-order valence-corrected chi connectivity index (χ4v) is 8.35. The molecule has 33 heavy (non-hydrogen) atoms. The van der Waals surface area contributed by atoms with Gasteiger partial charge in [0.2, 0.25) is 0 Å². The summed E-state index contributed by atoms with van der Waals surface area (Å²) in [4.78, 5) is 26.5. The summed E-state index contributed by atoms with van der Waals surface area (Å²) in [5.74, 6) is 4.18. The van der Waals surface area contributed by atoms with Crippen LogP contribution in [0.25, 0.3) is 10.8 Å². The van der Waals surface area contributed by atoms with E-state index in [1.807, 2.05) is 13.8 Å². The van der Waals surface area contributed by atoms with Gasteiger partial charge in [-0.1, -0.05) is 45.0 Å². The predicted molar refractivity (Wildman–Crippen MR) is 138 cm³/mol. The minimum atomic E-state index is 0.0803. The van der Waals surface area contributed by atoms with Crippen LogP contribution in [0.3, 0.4) is 0 Å². The summed E-state index contributed by atoms with van der Waals surface area (Å²) in [6, 6.07) is 13.1. The van der Waals surface area contributed by atoms with Crippen molar-refractivity contribution in [3.63, 3.8) is 0 Å². The number of rotatable bonds is 9. The highest BCUT2D eigenvalue weighted by atomic mass is 32.2. The topological polar surface area (TPSA) is 34.1 Å². The number of hydrogen-bond acceptors (Lipinski definition) is 3. The Balaban J connectivity index is 1.23. The molecular formula is C30H38O2S. The number of Topliss-reactive ketones (excluding diaryl/α,β-unsaturated/α-hetero) is 2. The average Bonchev–Trinajstić information content (AvgIpc) is 2.75. The van der Waals surface area contributed by atoms with Gasteiger partial charge in [0.05, 0.1) is 5.75 Å². The normalized spacial score (nSPS) is 29.0. The second-order valence-corrected chi connectivity index (χ2v) is 13.0. The first-order valence-corrected chi connectivity index (χ1v) is 14.0. The molecule has 0 N–H and O–H groups in total. The quantitative estimate of drug-likeness (QED) is 0.362. The number of fused-ring (bicyclic) bond motifs is 1. The maximum absolute atomic E-state index is 13.3. The first-order chi connectivity index (χ1) is 15.8. The molecule has 176 valence electrons. The molecule has 2 aromatic rings. The molecule has 2 aromatic carbocycles. The molecular weight excluding hydrogens is 424 g/mol. The van der Waals surface area contributed by atoms with Gasteiger partial charge in [-0.2, -0.15) is 0 Å². The Hall–Kier alpha value is -1.61.